The van der Waals surface area contributed by atoms with Gasteiger partial charge in [-0.25, -0.2) is 0 Å². The molecule has 2 rings (SSSR count). The number of halogens is 1. The van der Waals surface area contributed by atoms with Gasteiger partial charge in [-0.1, -0.05) is 41.4 Å². The van der Waals surface area contributed by atoms with Crippen molar-refractivity contribution in [2.75, 3.05) is 6.54 Å². The summed E-state index contributed by atoms with van der Waals surface area (Å²) in [7, 11) is 0. The van der Waals surface area contributed by atoms with Crippen LogP contribution in [-0.4, -0.2) is 18.6 Å². The van der Waals surface area contributed by atoms with E-state index < -0.39 is 6.10 Å². The lowest BCUT2D eigenvalue weighted by Crippen LogP contribution is -2.36. The number of amides is 1. The Morgan fingerprint density at radius 3 is 2.43 bits per heavy atom. The molecular formula is C19H22ClNO2. The van der Waals surface area contributed by atoms with Crippen molar-refractivity contribution < 1.29 is 9.53 Å². The standard InChI is InChI=1S/C19H22ClNO2/c1-14-5-7-16(8-6-14)4-3-13-21-19(22)15(2)23-18-11-9-17(20)10-12-18/h5-12,15H,3-4,13H2,1-2H3,(H,21,22). The highest BCUT2D eigenvalue weighted by Gasteiger charge is 2.13. The van der Waals surface area contributed by atoms with E-state index in [2.05, 4.69) is 36.5 Å². The monoisotopic (exact) mass is 331 g/mol. The molecule has 1 N–H and O–H groups in total. The Morgan fingerprint density at radius 2 is 1.78 bits per heavy atom. The molecule has 0 aliphatic carbocycles. The van der Waals surface area contributed by atoms with Crippen LogP contribution in [0, 0.1) is 6.92 Å². The zero-order valence-corrected chi connectivity index (χ0v) is 14.3. The maximum absolute atomic E-state index is 12.0. The molecule has 1 unspecified atom stereocenters. The number of rotatable bonds is 7. The number of ether oxygens (including phenoxy) is 1. The zero-order chi connectivity index (χ0) is 16.7. The number of hydrogen-bond donors (Lipinski definition) is 1. The highest BCUT2D eigenvalue weighted by molar-refractivity contribution is 6.30. The van der Waals surface area contributed by atoms with Crippen LogP contribution in [0.3, 0.4) is 0 Å². The molecule has 1 atom stereocenters. The smallest absolute Gasteiger partial charge is 0.260 e. The Kier molecular flexibility index (Phi) is 6.48. The van der Waals surface area contributed by atoms with Crippen molar-refractivity contribution in [3.05, 3.63) is 64.7 Å². The summed E-state index contributed by atoms with van der Waals surface area (Å²) in [5.41, 5.74) is 2.55. The SMILES string of the molecule is Cc1ccc(CCCNC(=O)C(C)Oc2ccc(Cl)cc2)cc1. The van der Waals surface area contributed by atoms with E-state index >= 15 is 0 Å². The van der Waals surface area contributed by atoms with Gasteiger partial charge in [0.2, 0.25) is 0 Å². The average molecular weight is 332 g/mol. The van der Waals surface area contributed by atoms with Gasteiger partial charge in [0.05, 0.1) is 0 Å². The molecule has 1 amide bonds. The maximum Gasteiger partial charge on any atom is 0.260 e. The Labute approximate surface area is 142 Å². The summed E-state index contributed by atoms with van der Waals surface area (Å²) in [6.45, 7) is 4.46. The fraction of sp³-hybridized carbons (Fsp3) is 0.316. The van der Waals surface area contributed by atoms with Gasteiger partial charge in [-0.3, -0.25) is 4.79 Å². The molecule has 0 saturated heterocycles. The predicted octanol–water partition coefficient (Wildman–Crippen LogP) is 4.16. The molecule has 0 spiro atoms. The lowest BCUT2D eigenvalue weighted by molar-refractivity contribution is -0.127. The average Bonchev–Trinajstić information content (AvgIpc) is 2.55. The quantitative estimate of drug-likeness (QED) is 0.773. The van der Waals surface area contributed by atoms with Gasteiger partial charge in [-0.2, -0.15) is 0 Å². The summed E-state index contributed by atoms with van der Waals surface area (Å²) in [4.78, 5) is 12.0. The Balaban J connectivity index is 1.69. The molecule has 2 aromatic carbocycles. The van der Waals surface area contributed by atoms with Crippen molar-refractivity contribution in [1.82, 2.24) is 5.32 Å². The molecule has 0 aliphatic rings. The number of aryl methyl sites for hydroxylation is 2. The normalized spacial score (nSPS) is 11.8. The van der Waals surface area contributed by atoms with E-state index in [9.17, 15) is 4.79 Å². The fourth-order valence-corrected chi connectivity index (χ4v) is 2.30. The number of nitrogens with one attached hydrogen (secondary N) is 1. The van der Waals surface area contributed by atoms with Crippen LogP contribution in [0.4, 0.5) is 0 Å². The van der Waals surface area contributed by atoms with Gasteiger partial charge < -0.3 is 10.1 Å². The van der Waals surface area contributed by atoms with E-state index in [0.717, 1.165) is 12.8 Å². The van der Waals surface area contributed by atoms with Crippen molar-refractivity contribution in [2.45, 2.75) is 32.8 Å². The van der Waals surface area contributed by atoms with Crippen LogP contribution in [0.2, 0.25) is 5.02 Å². The summed E-state index contributed by atoms with van der Waals surface area (Å²) in [5, 5.41) is 3.55. The first kappa shape index (κ1) is 17.4. The summed E-state index contributed by atoms with van der Waals surface area (Å²) in [5.74, 6) is 0.528. The van der Waals surface area contributed by atoms with Gasteiger partial charge in [0.1, 0.15) is 5.75 Å². The molecular weight excluding hydrogens is 310 g/mol. The third kappa shape index (κ3) is 5.95. The Bertz CT molecular complexity index is 623. The number of hydrogen-bond acceptors (Lipinski definition) is 2. The molecule has 0 aromatic heterocycles. The molecule has 0 radical (unpaired) electrons. The molecule has 2 aromatic rings. The van der Waals surface area contributed by atoms with Gasteiger partial charge in [-0.05, 0) is 56.5 Å². The van der Waals surface area contributed by atoms with Gasteiger partial charge in [-0.15, -0.1) is 0 Å². The van der Waals surface area contributed by atoms with Crippen LogP contribution in [0.5, 0.6) is 5.75 Å². The first-order chi connectivity index (χ1) is 11.0. The van der Waals surface area contributed by atoms with Crippen LogP contribution < -0.4 is 10.1 Å². The highest BCUT2D eigenvalue weighted by atomic mass is 35.5. The third-order valence-electron chi connectivity index (χ3n) is 3.56. The van der Waals surface area contributed by atoms with E-state index in [1.807, 2.05) is 0 Å². The Morgan fingerprint density at radius 1 is 1.13 bits per heavy atom. The second-order valence-corrected chi connectivity index (χ2v) is 6.03. The first-order valence-electron chi connectivity index (χ1n) is 7.80. The van der Waals surface area contributed by atoms with Crippen LogP contribution in [-0.2, 0) is 11.2 Å². The second-order valence-electron chi connectivity index (χ2n) is 5.59. The number of carbonyl (C=O) groups is 1. The van der Waals surface area contributed by atoms with Gasteiger partial charge >= 0.3 is 0 Å². The topological polar surface area (TPSA) is 38.3 Å². The molecule has 122 valence electrons. The van der Waals surface area contributed by atoms with E-state index in [4.69, 9.17) is 16.3 Å². The second kappa shape index (κ2) is 8.59. The minimum atomic E-state index is -0.532. The third-order valence-corrected chi connectivity index (χ3v) is 3.81. The van der Waals surface area contributed by atoms with Crippen molar-refractivity contribution in [1.29, 1.82) is 0 Å². The minimum absolute atomic E-state index is 0.108. The number of benzene rings is 2. The molecule has 0 heterocycles. The van der Waals surface area contributed by atoms with Crippen molar-refractivity contribution in [2.24, 2.45) is 0 Å². The Hall–Kier alpha value is -2.00. The molecule has 0 fully saturated rings. The lowest BCUT2D eigenvalue weighted by atomic mass is 10.1. The maximum atomic E-state index is 12.0. The van der Waals surface area contributed by atoms with E-state index in [1.54, 1.807) is 31.2 Å². The molecule has 23 heavy (non-hydrogen) atoms. The lowest BCUT2D eigenvalue weighted by Gasteiger charge is -2.14. The van der Waals surface area contributed by atoms with Gasteiger partial charge in [0.25, 0.3) is 5.91 Å². The molecule has 4 heteroatoms. The van der Waals surface area contributed by atoms with E-state index in [1.165, 1.54) is 11.1 Å². The molecule has 0 aliphatic heterocycles. The van der Waals surface area contributed by atoms with Crippen LogP contribution in [0.1, 0.15) is 24.5 Å². The zero-order valence-electron chi connectivity index (χ0n) is 13.5. The predicted molar refractivity (Wildman–Crippen MR) is 94.1 cm³/mol. The highest BCUT2D eigenvalue weighted by Crippen LogP contribution is 2.16. The molecule has 0 bridgehead atoms. The summed E-state index contributed by atoms with van der Waals surface area (Å²) >= 11 is 5.82. The van der Waals surface area contributed by atoms with Crippen LogP contribution in [0.25, 0.3) is 0 Å². The van der Waals surface area contributed by atoms with Crippen molar-refractivity contribution >= 4 is 17.5 Å². The van der Waals surface area contributed by atoms with E-state index in [0.29, 0.717) is 17.3 Å². The van der Waals surface area contributed by atoms with Crippen molar-refractivity contribution in [3.63, 3.8) is 0 Å². The molecule has 0 saturated carbocycles. The fourth-order valence-electron chi connectivity index (χ4n) is 2.17. The van der Waals surface area contributed by atoms with Crippen molar-refractivity contribution in [3.8, 4) is 5.75 Å². The van der Waals surface area contributed by atoms with Crippen LogP contribution in [0.15, 0.2) is 48.5 Å². The first-order valence-corrected chi connectivity index (χ1v) is 8.18. The van der Waals surface area contributed by atoms with Gasteiger partial charge in [0.15, 0.2) is 6.10 Å². The van der Waals surface area contributed by atoms with Gasteiger partial charge in [0, 0.05) is 11.6 Å². The summed E-state index contributed by atoms with van der Waals surface area (Å²) < 4.78 is 5.59. The van der Waals surface area contributed by atoms with E-state index in [-0.39, 0.29) is 5.91 Å². The minimum Gasteiger partial charge on any atom is -0.481 e. The summed E-state index contributed by atoms with van der Waals surface area (Å²) in [6, 6.07) is 15.5. The van der Waals surface area contributed by atoms with Crippen LogP contribution >= 0.6 is 11.6 Å². The molecule has 3 nitrogen and oxygen atoms in total. The largest absolute Gasteiger partial charge is 0.481 e. The number of carbonyl (C=O) groups excluding carboxylic acids is 1. The summed E-state index contributed by atoms with van der Waals surface area (Å²) in [6.07, 6.45) is 1.32.